The molecule has 8 bridgehead atoms. The van der Waals surface area contributed by atoms with E-state index in [0.717, 1.165) is 93.2 Å². The third-order valence-corrected chi connectivity index (χ3v) is 15.2. The molecule has 4 nitrogen and oxygen atoms in total. The standard InChI is InChI=1S/C56H56O4S4/c1-5-17-57-53-41-25-37(49-13-9-21-61-49)26-42(53)34-44-28-39(51-15-11-23-63-51)30-46(55(44)59-19-7-3)36-48-32-40(52-16-12-24-64-52)31-47(56(48)60-20-8-4)35-45-29-38(50-14-10-22-62-50)27-43(33-41)54(45)58-18-6-2/h9-16,21-32H,5-8,17-20,33-36H2,1-4H3. The Hall–Kier alpha value is -5.12. The Kier molecular flexibility index (Phi) is 14.3. The number of fused-ring (bicyclic) bond motifs is 8. The van der Waals surface area contributed by atoms with Crippen LogP contribution in [-0.2, 0) is 25.7 Å². The Morgan fingerprint density at radius 2 is 0.531 bits per heavy atom. The first-order chi connectivity index (χ1) is 31.5. The van der Waals surface area contributed by atoms with Crippen LogP contribution >= 0.6 is 45.3 Å². The maximum atomic E-state index is 6.97. The van der Waals surface area contributed by atoms with Gasteiger partial charge in [0.05, 0.1) is 26.4 Å². The zero-order valence-corrected chi connectivity index (χ0v) is 40.6. The summed E-state index contributed by atoms with van der Waals surface area (Å²) in [6, 6.07) is 36.5. The van der Waals surface area contributed by atoms with E-state index in [9.17, 15) is 0 Å². The average molecular weight is 921 g/mol. The summed E-state index contributed by atoms with van der Waals surface area (Å²) in [4.78, 5) is 4.96. The van der Waals surface area contributed by atoms with Gasteiger partial charge in [-0.1, -0.05) is 52.0 Å². The molecular formula is C56H56O4S4. The van der Waals surface area contributed by atoms with E-state index in [0.29, 0.717) is 52.1 Å². The average Bonchev–Trinajstić information content (AvgIpc) is 4.17. The molecular weight excluding hydrogens is 865 g/mol. The van der Waals surface area contributed by atoms with Crippen molar-refractivity contribution in [2.24, 2.45) is 0 Å². The quantitative estimate of drug-likeness (QED) is 0.0968. The molecule has 0 spiro atoms. The zero-order valence-electron chi connectivity index (χ0n) is 37.3. The number of rotatable bonds is 16. The van der Waals surface area contributed by atoms with E-state index < -0.39 is 0 Å². The molecule has 64 heavy (non-hydrogen) atoms. The SMILES string of the molecule is CCCOc1c2cc(-c3cccs3)cc1Cc1cc(-c3cccs3)cc(c1OCCC)Cc1cc(-c3cccs3)cc(c1OCCC)Cc1cc(-c3cccs3)cc(c1OCCC)C2. The summed E-state index contributed by atoms with van der Waals surface area (Å²) in [6.45, 7) is 11.3. The molecule has 328 valence electrons. The van der Waals surface area contributed by atoms with Crippen molar-refractivity contribution in [3.05, 3.63) is 163 Å². The molecule has 0 atom stereocenters. The largest absolute Gasteiger partial charge is 0.493 e. The van der Waals surface area contributed by atoms with E-state index in [-0.39, 0.29) is 0 Å². The van der Waals surface area contributed by atoms with Gasteiger partial charge in [-0.05, 0) is 187 Å². The van der Waals surface area contributed by atoms with Gasteiger partial charge < -0.3 is 18.9 Å². The van der Waals surface area contributed by atoms with Crippen molar-refractivity contribution in [3.63, 3.8) is 0 Å². The highest BCUT2D eigenvalue weighted by Gasteiger charge is 2.26. The Morgan fingerprint density at radius 3 is 0.688 bits per heavy atom. The Bertz CT molecular complexity index is 2290. The lowest BCUT2D eigenvalue weighted by Gasteiger charge is -2.24. The molecule has 0 aliphatic heterocycles. The summed E-state index contributed by atoms with van der Waals surface area (Å²) in [5.41, 5.74) is 14.1. The topological polar surface area (TPSA) is 36.9 Å². The highest BCUT2D eigenvalue weighted by molar-refractivity contribution is 7.14. The molecule has 1 aliphatic carbocycles. The van der Waals surface area contributed by atoms with Crippen LogP contribution in [0.1, 0.15) is 97.9 Å². The summed E-state index contributed by atoms with van der Waals surface area (Å²) in [7, 11) is 0. The van der Waals surface area contributed by atoms with Crippen LogP contribution in [0.4, 0.5) is 0 Å². The van der Waals surface area contributed by atoms with Crippen LogP contribution in [0.25, 0.3) is 41.8 Å². The van der Waals surface area contributed by atoms with Gasteiger partial charge in [0.1, 0.15) is 23.0 Å². The van der Waals surface area contributed by atoms with Gasteiger partial charge in [0.2, 0.25) is 0 Å². The summed E-state index contributed by atoms with van der Waals surface area (Å²) < 4.78 is 27.9. The van der Waals surface area contributed by atoms with E-state index >= 15 is 0 Å². The molecule has 4 aromatic carbocycles. The Balaban J connectivity index is 1.38. The fourth-order valence-corrected chi connectivity index (χ4v) is 11.6. The maximum Gasteiger partial charge on any atom is 0.126 e. The highest BCUT2D eigenvalue weighted by atomic mass is 32.1. The van der Waals surface area contributed by atoms with Crippen LogP contribution in [0.2, 0.25) is 0 Å². The molecule has 0 fully saturated rings. The second-order valence-electron chi connectivity index (χ2n) is 16.5. The predicted molar refractivity (Wildman–Crippen MR) is 273 cm³/mol. The van der Waals surface area contributed by atoms with Crippen molar-refractivity contribution in [3.8, 4) is 64.8 Å². The third-order valence-electron chi connectivity index (χ3n) is 11.5. The lowest BCUT2D eigenvalue weighted by Crippen LogP contribution is -2.11. The third kappa shape index (κ3) is 9.76. The van der Waals surface area contributed by atoms with E-state index in [4.69, 9.17) is 18.9 Å². The Labute approximate surface area is 395 Å². The molecule has 0 radical (unpaired) electrons. The molecule has 0 amide bonds. The number of thiophene rings is 4. The van der Waals surface area contributed by atoms with Crippen LogP contribution in [-0.4, -0.2) is 26.4 Å². The number of hydrogen-bond acceptors (Lipinski definition) is 8. The number of hydrogen-bond donors (Lipinski definition) is 0. The van der Waals surface area contributed by atoms with Crippen LogP contribution in [0, 0.1) is 0 Å². The zero-order chi connectivity index (χ0) is 43.8. The molecule has 4 aromatic heterocycles. The lowest BCUT2D eigenvalue weighted by atomic mass is 9.88. The Morgan fingerprint density at radius 1 is 0.328 bits per heavy atom. The number of ether oxygens (including phenoxy) is 4. The van der Waals surface area contributed by atoms with Crippen LogP contribution in [0.15, 0.2) is 119 Å². The van der Waals surface area contributed by atoms with Gasteiger partial charge in [-0.2, -0.15) is 0 Å². The molecule has 0 saturated carbocycles. The predicted octanol–water partition coefficient (Wildman–Crippen LogP) is 16.4. The van der Waals surface area contributed by atoms with Crippen molar-refractivity contribution >= 4 is 45.3 Å². The van der Waals surface area contributed by atoms with E-state index in [1.54, 1.807) is 45.3 Å². The number of benzene rings is 4. The molecule has 9 rings (SSSR count). The maximum absolute atomic E-state index is 6.97. The smallest absolute Gasteiger partial charge is 0.126 e. The van der Waals surface area contributed by atoms with E-state index in [1.807, 2.05) is 0 Å². The molecule has 0 unspecified atom stereocenters. The van der Waals surface area contributed by atoms with Crippen molar-refractivity contribution in [2.75, 3.05) is 26.4 Å². The monoisotopic (exact) mass is 920 g/mol. The summed E-state index contributed by atoms with van der Waals surface area (Å²) in [6.07, 6.45) is 6.23. The molecule has 4 heterocycles. The molecule has 0 N–H and O–H groups in total. The van der Waals surface area contributed by atoms with Crippen molar-refractivity contribution in [1.82, 2.24) is 0 Å². The fourth-order valence-electron chi connectivity index (χ4n) is 8.79. The molecule has 1 aliphatic rings. The summed E-state index contributed by atoms with van der Waals surface area (Å²) >= 11 is 7.12. The first-order valence-electron chi connectivity index (χ1n) is 22.8. The van der Waals surface area contributed by atoms with Crippen molar-refractivity contribution < 1.29 is 18.9 Å². The minimum atomic E-state index is 0.624. The van der Waals surface area contributed by atoms with Crippen LogP contribution in [0.5, 0.6) is 23.0 Å². The van der Waals surface area contributed by atoms with Gasteiger partial charge in [-0.3, -0.25) is 0 Å². The van der Waals surface area contributed by atoms with Gasteiger partial charge >= 0.3 is 0 Å². The van der Waals surface area contributed by atoms with E-state index in [1.165, 1.54) is 41.8 Å². The van der Waals surface area contributed by atoms with Gasteiger partial charge in [-0.25, -0.2) is 0 Å². The van der Waals surface area contributed by atoms with Gasteiger partial charge in [0, 0.05) is 45.2 Å². The van der Waals surface area contributed by atoms with Gasteiger partial charge in [0.15, 0.2) is 0 Å². The van der Waals surface area contributed by atoms with Crippen molar-refractivity contribution in [2.45, 2.75) is 79.1 Å². The lowest BCUT2D eigenvalue weighted by molar-refractivity contribution is 0.305. The molecule has 8 aromatic rings. The van der Waals surface area contributed by atoms with Gasteiger partial charge in [0.25, 0.3) is 0 Å². The summed E-state index contributed by atoms with van der Waals surface area (Å²) in [5, 5.41) is 8.69. The minimum absolute atomic E-state index is 0.624. The summed E-state index contributed by atoms with van der Waals surface area (Å²) in [5.74, 6) is 3.85. The second kappa shape index (κ2) is 20.8. The van der Waals surface area contributed by atoms with E-state index in [2.05, 4.69) is 146 Å². The minimum Gasteiger partial charge on any atom is -0.493 e. The van der Waals surface area contributed by atoms with Crippen LogP contribution < -0.4 is 18.9 Å². The highest BCUT2D eigenvalue weighted by Crippen LogP contribution is 2.45. The molecule has 0 saturated heterocycles. The fraction of sp³-hybridized carbons (Fsp3) is 0.286. The molecule has 8 heteroatoms. The second-order valence-corrected chi connectivity index (χ2v) is 20.3. The first-order valence-corrected chi connectivity index (χ1v) is 26.3. The van der Waals surface area contributed by atoms with Crippen molar-refractivity contribution in [1.29, 1.82) is 0 Å². The van der Waals surface area contributed by atoms with Crippen LogP contribution in [0.3, 0.4) is 0 Å². The first kappa shape index (κ1) is 44.1. The van der Waals surface area contributed by atoms with Gasteiger partial charge in [-0.15, -0.1) is 45.3 Å². The normalized spacial score (nSPS) is 12.3.